The number of nitrogens with two attached hydrogens (primary N) is 1. The number of carbonyl (C=O) groups is 4. The Labute approximate surface area is 740 Å². The lowest BCUT2D eigenvalue weighted by Gasteiger charge is -2.42. The number of carboxylic acid groups (broad SMARTS) is 1. The minimum atomic E-state index is -4.32. The number of anilines is 4. The number of nitro groups is 2. The molecule has 127 heavy (non-hydrogen) atoms. The van der Waals surface area contributed by atoms with E-state index in [1.807, 2.05) is 76.3 Å². The number of fused-ring (bicyclic) bond motifs is 4. The summed E-state index contributed by atoms with van der Waals surface area (Å²) in [4.78, 5) is 104. The van der Waals surface area contributed by atoms with Gasteiger partial charge in [0.05, 0.1) is 47.3 Å². The number of Topliss-reactive ketones (excluding diaryl/α,β-unsaturated/α-hetero) is 1. The van der Waals surface area contributed by atoms with Crippen LogP contribution < -0.4 is 35.0 Å². The molecular formula is C91H95N15O17S4. The molecule has 4 saturated heterocycles. The lowest BCUT2D eigenvalue weighted by Crippen LogP contribution is -2.54. The standard InChI is InChI=1S/C46H47N7O8S2.C33H31N5O4S.C12H17N3O5S/c54-42(30-63(58,59)38-8-10-40(41(25-38)53(56)57)48-26-31-12-19-60-20-13-31)39-9-7-35(24-43(39)61-37-23-33-11-14-47-45(33)49-27-37)51-17-15-50(16-18-51)29-36-22-32-4-1-2-5-34(32)28-52(36)46(55)44-6-3-21-62-44;39-32(30-6-3-15-43-30)38-20-24-5-2-1-4-22(24)16-26(38)21-36-11-13-37(14-12-36)25-7-8-28(33(40)41)29(18-25)42-27-17-23-9-10-34-31(23)35-19-27;13-21(18,19)10-1-2-11(12(7-10)15(16)17)14-8-9-3-5-20-6-4-9/h1-11,14,21,23-25,27,31,36,48H,12-13,15-20,22,26,28-30H2,(H,47,49);1-10,15,17-19,26H,11-14,16,20-21H2,(H,34,35)(H,40,41);1-2,7,9,14H,3-6,8H2,(H2,13,18,19)/t36-;26-;/m00./s1. The van der Waals surface area contributed by atoms with Crippen LogP contribution in [0.3, 0.4) is 0 Å². The number of pyridine rings is 2. The van der Waals surface area contributed by atoms with Gasteiger partial charge in [-0.25, -0.2) is 36.7 Å². The summed E-state index contributed by atoms with van der Waals surface area (Å²) in [6.45, 7) is 12.5. The number of sulfonamides is 1. The number of aromatic amines is 2. The quantitative estimate of drug-likeness (QED) is 0.0167. The molecule has 0 aliphatic carbocycles. The number of nitrogens with one attached hydrogen (secondary N) is 4. The molecule has 660 valence electrons. The van der Waals surface area contributed by atoms with Gasteiger partial charge in [-0.15, -0.1) is 22.7 Å². The Bertz CT molecular complexity index is 6230. The summed E-state index contributed by atoms with van der Waals surface area (Å²) >= 11 is 2.95. The number of carbonyl (C=O) groups excluding carboxylic acids is 3. The van der Waals surface area contributed by atoms with Crippen molar-refractivity contribution in [2.24, 2.45) is 17.0 Å². The molecule has 4 fully saturated rings. The van der Waals surface area contributed by atoms with E-state index in [-0.39, 0.29) is 79.3 Å². The molecule has 0 saturated carbocycles. The minimum absolute atomic E-state index is 0.0106. The number of hydrogen-bond donors (Lipinski definition) is 6. The van der Waals surface area contributed by atoms with Gasteiger partial charge >= 0.3 is 5.97 Å². The molecule has 2 amide bonds. The smallest absolute Gasteiger partial charge is 0.339 e. The first-order valence-electron chi connectivity index (χ1n) is 42.0. The van der Waals surface area contributed by atoms with Crippen molar-refractivity contribution in [2.45, 2.75) is 73.5 Å². The molecule has 7 N–H and O–H groups in total. The number of sulfone groups is 1. The van der Waals surface area contributed by atoms with Crippen molar-refractivity contribution in [3.05, 3.63) is 269 Å². The molecule has 2 atom stereocenters. The predicted molar refractivity (Wildman–Crippen MR) is 484 cm³/mol. The van der Waals surface area contributed by atoms with Crippen LogP contribution in [0.2, 0.25) is 0 Å². The van der Waals surface area contributed by atoms with Crippen molar-refractivity contribution < 1.29 is 69.9 Å². The summed E-state index contributed by atoms with van der Waals surface area (Å²) in [7, 11) is -8.28. The number of aromatic nitrogens is 4. The van der Waals surface area contributed by atoms with Crippen molar-refractivity contribution in [3.63, 3.8) is 0 Å². The number of hydrogen-bond acceptors (Lipinski definition) is 26. The lowest BCUT2D eigenvalue weighted by atomic mass is 9.93. The van der Waals surface area contributed by atoms with Gasteiger partial charge in [0, 0.05) is 189 Å². The van der Waals surface area contributed by atoms with Gasteiger partial charge in [0.2, 0.25) is 10.0 Å². The second kappa shape index (κ2) is 39.6. The van der Waals surface area contributed by atoms with Crippen LogP contribution in [-0.4, -0.2) is 218 Å². The Morgan fingerprint density at radius 3 is 1.39 bits per heavy atom. The first-order valence-corrected chi connectivity index (χ1v) is 46.9. The number of H-pyrrole nitrogens is 2. The molecule has 36 heteroatoms. The Kier molecular flexibility index (Phi) is 27.4. The Hall–Kier alpha value is -12.5. The van der Waals surface area contributed by atoms with Gasteiger partial charge in [0.1, 0.15) is 57.0 Å². The van der Waals surface area contributed by atoms with Crippen molar-refractivity contribution in [1.29, 1.82) is 0 Å². The maximum atomic E-state index is 14.0. The maximum absolute atomic E-state index is 14.0. The molecule has 12 heterocycles. The largest absolute Gasteiger partial charge is 0.478 e. The van der Waals surface area contributed by atoms with Crippen LogP contribution in [0, 0.1) is 32.1 Å². The third-order valence-electron chi connectivity index (χ3n) is 24.0. The van der Waals surface area contributed by atoms with Crippen molar-refractivity contribution >= 4 is 122 Å². The van der Waals surface area contributed by atoms with E-state index >= 15 is 0 Å². The second-order valence-electron chi connectivity index (χ2n) is 32.2. The van der Waals surface area contributed by atoms with Gasteiger partial charge in [-0.2, -0.15) is 0 Å². The highest BCUT2D eigenvalue weighted by Gasteiger charge is 2.37. The fourth-order valence-corrected chi connectivity index (χ4v) is 20.1. The van der Waals surface area contributed by atoms with Crippen molar-refractivity contribution in [3.8, 4) is 23.0 Å². The summed E-state index contributed by atoms with van der Waals surface area (Å²) in [5.41, 5.74) is 8.07. The number of thiophene rings is 2. The van der Waals surface area contributed by atoms with Crippen LogP contribution in [0.1, 0.15) is 88.0 Å². The minimum Gasteiger partial charge on any atom is -0.478 e. The van der Waals surface area contributed by atoms with Gasteiger partial charge in [-0.3, -0.25) is 44.4 Å². The van der Waals surface area contributed by atoms with Gasteiger partial charge in [-0.05, 0) is 168 Å². The Balaban J connectivity index is 0.000000159. The third-order valence-corrected chi connectivity index (χ3v) is 28.2. The van der Waals surface area contributed by atoms with Crippen LogP contribution >= 0.6 is 22.7 Å². The highest BCUT2D eigenvalue weighted by atomic mass is 32.2. The fourth-order valence-electron chi connectivity index (χ4n) is 17.0. The van der Waals surface area contributed by atoms with Gasteiger partial charge < -0.3 is 64.3 Å². The highest BCUT2D eigenvalue weighted by molar-refractivity contribution is 7.92. The molecule has 18 rings (SSSR count). The molecule has 0 spiro atoms. The summed E-state index contributed by atoms with van der Waals surface area (Å²) in [6, 6.07) is 49.5. The van der Waals surface area contributed by atoms with Gasteiger partial charge in [-0.1, -0.05) is 60.7 Å². The number of ketones is 1. The summed E-state index contributed by atoms with van der Waals surface area (Å²) < 4.78 is 73.1. The number of ether oxygens (including phenoxy) is 4. The predicted octanol–water partition coefficient (Wildman–Crippen LogP) is 13.8. The highest BCUT2D eigenvalue weighted by Crippen LogP contribution is 2.39. The Morgan fingerprint density at radius 1 is 0.528 bits per heavy atom. The Morgan fingerprint density at radius 2 is 0.961 bits per heavy atom. The summed E-state index contributed by atoms with van der Waals surface area (Å²) in [5, 5.41) is 49.6. The molecular weight excluding hydrogens is 1700 g/mol. The summed E-state index contributed by atoms with van der Waals surface area (Å²) in [6.07, 6.45) is 11.7. The average molecular weight is 1800 g/mol. The molecule has 6 aliphatic heterocycles. The first kappa shape index (κ1) is 87.9. The van der Waals surface area contributed by atoms with E-state index in [0.29, 0.717) is 94.4 Å². The summed E-state index contributed by atoms with van der Waals surface area (Å²) in [5.74, 6) is -0.599. The van der Waals surface area contributed by atoms with Crippen LogP contribution in [0.5, 0.6) is 23.0 Å². The topological polar surface area (TPSA) is 407 Å². The molecule has 32 nitrogen and oxygen atoms in total. The fraction of sp³-hybridized carbons (Fsp3) is 0.319. The molecule has 0 radical (unpaired) electrons. The van der Waals surface area contributed by atoms with E-state index in [2.05, 4.69) is 91.5 Å². The molecule has 0 unspecified atom stereocenters. The van der Waals surface area contributed by atoms with E-state index in [4.69, 9.17) is 24.1 Å². The van der Waals surface area contributed by atoms with Crippen LogP contribution in [0.15, 0.2) is 215 Å². The van der Waals surface area contributed by atoms with Crippen LogP contribution in [0.4, 0.5) is 34.1 Å². The zero-order valence-electron chi connectivity index (χ0n) is 69.3. The number of amides is 2. The number of piperazine rings is 2. The van der Waals surface area contributed by atoms with Gasteiger partial charge in [0.15, 0.2) is 15.6 Å². The molecule has 6 aliphatic rings. The van der Waals surface area contributed by atoms with Gasteiger partial charge in [0.25, 0.3) is 23.2 Å². The normalized spacial score (nSPS) is 17.2. The van der Waals surface area contributed by atoms with E-state index in [1.54, 1.807) is 55.0 Å². The molecule has 0 bridgehead atoms. The zero-order valence-corrected chi connectivity index (χ0v) is 72.5. The lowest BCUT2D eigenvalue weighted by molar-refractivity contribution is -0.384. The maximum Gasteiger partial charge on any atom is 0.339 e. The van der Waals surface area contributed by atoms with Crippen LogP contribution in [-0.2, 0) is 55.3 Å². The zero-order chi connectivity index (χ0) is 88.3. The first-order chi connectivity index (χ1) is 61.5. The molecule has 12 aromatic rings. The molecule has 6 aromatic heterocycles. The third kappa shape index (κ3) is 21.4. The van der Waals surface area contributed by atoms with E-state index < -0.39 is 47.2 Å². The van der Waals surface area contributed by atoms with Crippen molar-refractivity contribution in [1.82, 2.24) is 39.5 Å². The molecule has 6 aromatic carbocycles. The van der Waals surface area contributed by atoms with E-state index in [1.165, 1.54) is 75.4 Å². The number of carboxylic acids is 1. The number of benzene rings is 6. The van der Waals surface area contributed by atoms with E-state index in [0.717, 1.165) is 141 Å². The number of primary sulfonamides is 1. The van der Waals surface area contributed by atoms with E-state index in [9.17, 15) is 61.3 Å². The monoisotopic (exact) mass is 1800 g/mol. The number of rotatable bonds is 26. The second-order valence-corrected chi connectivity index (χ2v) is 37.6. The average Bonchev–Trinajstić information content (AvgIpc) is 1.53. The number of nitrogens with zero attached hydrogens (tertiary/aromatic N) is 10. The SMILES string of the molecule is NS(=O)(=O)c1ccc(NCC2CCOCC2)c([N+](=O)[O-])c1.O=C(CS(=O)(=O)c1ccc(NCC2CCOCC2)c([N+](=O)[O-])c1)c1ccc(N2CCN(C[C@@H]3Cc4ccccc4CN3C(=O)c3cccs3)CC2)cc1Oc1cnc2[nH]ccc2c1.O=C(O)c1ccc(N2CCN(C[C@@H]3Cc4ccccc4CN3C(=O)c3cccs3)CC2)cc1Oc1cnc2[nH]ccc2c1. The van der Waals surface area contributed by atoms with Crippen molar-refractivity contribution in [2.75, 3.05) is 131 Å². The number of nitro benzene ring substituents is 2. The number of aromatic carboxylic acids is 1. The van der Waals surface area contributed by atoms with Crippen LogP contribution in [0.25, 0.3) is 22.1 Å².